The predicted octanol–water partition coefficient (Wildman–Crippen LogP) is 3.33. The first-order chi connectivity index (χ1) is 14.0. The van der Waals surface area contributed by atoms with E-state index in [-0.39, 0.29) is 11.7 Å². The number of rotatable bonds is 4. The Morgan fingerprint density at radius 3 is 2.24 bits per heavy atom. The number of para-hydroxylation sites is 1. The summed E-state index contributed by atoms with van der Waals surface area (Å²) >= 11 is 0. The van der Waals surface area contributed by atoms with Crippen molar-refractivity contribution in [2.24, 2.45) is 7.05 Å². The van der Waals surface area contributed by atoms with Crippen LogP contribution in [0.25, 0.3) is 10.9 Å². The Morgan fingerprint density at radius 1 is 0.966 bits per heavy atom. The molecule has 0 bridgehead atoms. The summed E-state index contributed by atoms with van der Waals surface area (Å²) in [6, 6.07) is 18.0. The largest absolute Gasteiger partial charge is 0.363 e. The van der Waals surface area contributed by atoms with Crippen LogP contribution in [0.5, 0.6) is 0 Å². The van der Waals surface area contributed by atoms with Crippen LogP contribution >= 0.6 is 0 Å². The molecule has 2 heterocycles. The van der Waals surface area contributed by atoms with Gasteiger partial charge in [-0.3, -0.25) is 19.8 Å². The first-order valence-electron chi connectivity index (χ1n) is 9.79. The molecular formula is C22H24N4O3. The van der Waals surface area contributed by atoms with Gasteiger partial charge in [0, 0.05) is 44.7 Å². The Morgan fingerprint density at radius 2 is 1.59 bits per heavy atom. The Bertz CT molecular complexity index is 1100. The molecule has 150 valence electrons. The topological polar surface area (TPSA) is 71.6 Å². The fourth-order valence-electron chi connectivity index (χ4n) is 4.22. The summed E-state index contributed by atoms with van der Waals surface area (Å²) in [5.74, 6) is 0. The lowest BCUT2D eigenvalue weighted by Gasteiger charge is -2.39. The second-order valence-electron chi connectivity index (χ2n) is 7.45. The molecule has 1 fully saturated rings. The minimum absolute atomic E-state index is 0.272. The van der Waals surface area contributed by atoms with Gasteiger partial charge in [0.15, 0.2) is 0 Å². The van der Waals surface area contributed by atoms with Gasteiger partial charge < -0.3 is 9.47 Å². The van der Waals surface area contributed by atoms with Crippen LogP contribution in [0.4, 0.5) is 11.4 Å². The Kier molecular flexibility index (Phi) is 5.07. The van der Waals surface area contributed by atoms with Crippen molar-refractivity contribution >= 4 is 22.3 Å². The number of hydrogen-bond donors (Lipinski definition) is 0. The maximum atomic E-state index is 12.7. The van der Waals surface area contributed by atoms with E-state index in [9.17, 15) is 14.9 Å². The van der Waals surface area contributed by atoms with Crippen LogP contribution in [-0.2, 0) is 7.05 Å². The van der Waals surface area contributed by atoms with Crippen molar-refractivity contribution in [2.45, 2.75) is 13.0 Å². The van der Waals surface area contributed by atoms with Crippen molar-refractivity contribution in [3.05, 3.63) is 80.6 Å². The van der Waals surface area contributed by atoms with Gasteiger partial charge in [0.25, 0.3) is 0 Å². The molecule has 0 radical (unpaired) electrons. The summed E-state index contributed by atoms with van der Waals surface area (Å²) < 4.78 is 1.37. The fourth-order valence-corrected chi connectivity index (χ4v) is 4.22. The minimum atomic E-state index is -0.566. The van der Waals surface area contributed by atoms with E-state index in [1.165, 1.54) is 10.1 Å². The highest BCUT2D eigenvalue weighted by atomic mass is 16.6. The molecule has 0 aliphatic carbocycles. The third-order valence-corrected chi connectivity index (χ3v) is 5.89. The van der Waals surface area contributed by atoms with Gasteiger partial charge in [-0.2, -0.15) is 0 Å². The molecular weight excluding hydrogens is 368 g/mol. The molecule has 1 aromatic heterocycles. The normalized spacial score (nSPS) is 16.1. The van der Waals surface area contributed by atoms with Crippen LogP contribution in [0.2, 0.25) is 0 Å². The van der Waals surface area contributed by atoms with Gasteiger partial charge in [-0.25, -0.2) is 0 Å². The van der Waals surface area contributed by atoms with Crippen molar-refractivity contribution in [1.29, 1.82) is 0 Å². The van der Waals surface area contributed by atoms with E-state index in [0.717, 1.165) is 18.5 Å². The average molecular weight is 392 g/mol. The van der Waals surface area contributed by atoms with Crippen molar-refractivity contribution in [2.75, 3.05) is 31.1 Å². The van der Waals surface area contributed by atoms with Crippen molar-refractivity contribution < 1.29 is 4.92 Å². The van der Waals surface area contributed by atoms with Crippen LogP contribution in [0, 0.1) is 10.1 Å². The standard InChI is InChI=1S/C22H24N4O3/c1-16(17-8-4-3-5-9-17)24-12-14-25(15-13-24)20-18-10-6-7-11-19(18)23(2)22(27)21(20)26(28)29/h3-11,16H,12-15H2,1-2H3. The van der Waals surface area contributed by atoms with Crippen LogP contribution in [0.3, 0.4) is 0 Å². The van der Waals surface area contributed by atoms with E-state index in [1.807, 2.05) is 47.4 Å². The zero-order valence-electron chi connectivity index (χ0n) is 16.6. The molecule has 4 rings (SSSR count). The first-order valence-corrected chi connectivity index (χ1v) is 9.79. The average Bonchev–Trinajstić information content (AvgIpc) is 2.76. The van der Waals surface area contributed by atoms with Crippen LogP contribution in [0.15, 0.2) is 59.4 Å². The lowest BCUT2D eigenvalue weighted by Crippen LogP contribution is -2.47. The fraction of sp³-hybridized carbons (Fsp3) is 0.318. The molecule has 0 N–H and O–H groups in total. The predicted molar refractivity (Wildman–Crippen MR) is 114 cm³/mol. The molecule has 2 aromatic carbocycles. The number of benzene rings is 2. The third kappa shape index (κ3) is 3.38. The molecule has 29 heavy (non-hydrogen) atoms. The Labute approximate surface area is 168 Å². The van der Waals surface area contributed by atoms with E-state index in [4.69, 9.17) is 0 Å². The van der Waals surface area contributed by atoms with E-state index in [1.54, 1.807) is 7.05 Å². The molecule has 0 saturated carbocycles. The molecule has 1 aliphatic rings. The number of aryl methyl sites for hydroxylation is 1. The smallest absolute Gasteiger partial charge is 0.357 e. The second kappa shape index (κ2) is 7.67. The van der Waals surface area contributed by atoms with Gasteiger partial charge in [0.05, 0.1) is 10.4 Å². The van der Waals surface area contributed by atoms with Crippen molar-refractivity contribution in [3.8, 4) is 0 Å². The third-order valence-electron chi connectivity index (χ3n) is 5.89. The van der Waals surface area contributed by atoms with Gasteiger partial charge >= 0.3 is 11.2 Å². The molecule has 1 unspecified atom stereocenters. The van der Waals surface area contributed by atoms with E-state index >= 15 is 0 Å². The summed E-state index contributed by atoms with van der Waals surface area (Å²) in [5, 5.41) is 12.5. The number of nitrogens with zero attached hydrogens (tertiary/aromatic N) is 4. The Balaban J connectivity index is 1.68. The maximum absolute atomic E-state index is 12.7. The summed E-state index contributed by atoms with van der Waals surface area (Å²) in [6.07, 6.45) is 0. The van der Waals surface area contributed by atoms with E-state index in [2.05, 4.69) is 24.0 Å². The zero-order valence-corrected chi connectivity index (χ0v) is 16.6. The summed E-state index contributed by atoms with van der Waals surface area (Å²) in [4.78, 5) is 28.4. The highest BCUT2D eigenvalue weighted by molar-refractivity contribution is 5.96. The molecule has 1 saturated heterocycles. The number of nitro groups is 1. The van der Waals surface area contributed by atoms with Crippen LogP contribution < -0.4 is 10.5 Å². The van der Waals surface area contributed by atoms with E-state index in [0.29, 0.717) is 24.3 Å². The lowest BCUT2D eigenvalue weighted by molar-refractivity contribution is -0.385. The van der Waals surface area contributed by atoms with Gasteiger partial charge in [-0.15, -0.1) is 0 Å². The number of aromatic nitrogens is 1. The van der Waals surface area contributed by atoms with Gasteiger partial charge in [0.2, 0.25) is 0 Å². The zero-order chi connectivity index (χ0) is 20.5. The molecule has 7 nitrogen and oxygen atoms in total. The highest BCUT2D eigenvalue weighted by Crippen LogP contribution is 2.34. The Hall–Kier alpha value is -3.19. The van der Waals surface area contributed by atoms with E-state index < -0.39 is 10.5 Å². The molecule has 0 spiro atoms. The molecule has 7 heteroatoms. The van der Waals surface area contributed by atoms with Crippen LogP contribution in [0.1, 0.15) is 18.5 Å². The van der Waals surface area contributed by atoms with Gasteiger partial charge in [0.1, 0.15) is 5.69 Å². The monoisotopic (exact) mass is 392 g/mol. The molecule has 1 aliphatic heterocycles. The van der Waals surface area contributed by atoms with Gasteiger partial charge in [-0.05, 0) is 18.6 Å². The maximum Gasteiger partial charge on any atom is 0.357 e. The highest BCUT2D eigenvalue weighted by Gasteiger charge is 2.31. The molecule has 1 atom stereocenters. The first kappa shape index (κ1) is 19.1. The summed E-state index contributed by atoms with van der Waals surface area (Å²) in [5.41, 5.74) is 1.50. The van der Waals surface area contributed by atoms with Crippen LogP contribution in [-0.4, -0.2) is 40.6 Å². The van der Waals surface area contributed by atoms with Crippen molar-refractivity contribution in [1.82, 2.24) is 9.47 Å². The molecule has 3 aromatic rings. The minimum Gasteiger partial charge on any atom is -0.363 e. The number of hydrogen-bond acceptors (Lipinski definition) is 5. The van der Waals surface area contributed by atoms with Gasteiger partial charge in [-0.1, -0.05) is 48.5 Å². The lowest BCUT2D eigenvalue weighted by atomic mass is 10.1. The number of pyridine rings is 1. The SMILES string of the molecule is CC(c1ccccc1)N1CCN(c2c([N+](=O)[O-])c(=O)n(C)c3ccccc23)CC1. The quantitative estimate of drug-likeness (QED) is 0.503. The number of piperazine rings is 1. The molecule has 0 amide bonds. The number of anilines is 1. The van der Waals surface area contributed by atoms with Crippen molar-refractivity contribution in [3.63, 3.8) is 0 Å². The number of fused-ring (bicyclic) bond motifs is 1. The summed E-state index contributed by atoms with van der Waals surface area (Å²) in [7, 11) is 1.58. The second-order valence-corrected chi connectivity index (χ2v) is 7.45. The summed E-state index contributed by atoms with van der Waals surface area (Å²) in [6.45, 7) is 5.00.